The largest absolute Gasteiger partial charge is 0.494 e. The molecule has 1 atom stereocenters. The molecule has 0 saturated carbocycles. The van der Waals surface area contributed by atoms with Gasteiger partial charge < -0.3 is 14.6 Å². The number of hydrogen-bond donors (Lipinski definition) is 1. The Morgan fingerprint density at radius 2 is 1.75 bits per heavy atom. The third-order valence-corrected chi connectivity index (χ3v) is 2.79. The number of benzene rings is 2. The molecule has 0 radical (unpaired) electrons. The van der Waals surface area contributed by atoms with E-state index in [4.69, 9.17) is 9.47 Å². The molecule has 0 fully saturated rings. The molecule has 0 bridgehead atoms. The van der Waals surface area contributed by atoms with E-state index in [1.807, 2.05) is 6.92 Å². The molecular formula is C16H17FO3. The molecular weight excluding hydrogens is 259 g/mol. The number of rotatable bonds is 5. The number of halogens is 1. The van der Waals surface area contributed by atoms with Gasteiger partial charge in [0.05, 0.1) is 18.3 Å². The zero-order valence-corrected chi connectivity index (χ0v) is 11.5. The summed E-state index contributed by atoms with van der Waals surface area (Å²) in [6, 6.07) is 11.5. The topological polar surface area (TPSA) is 38.7 Å². The van der Waals surface area contributed by atoms with Crippen molar-refractivity contribution in [3.63, 3.8) is 0 Å². The summed E-state index contributed by atoms with van der Waals surface area (Å²) in [5, 5.41) is 9.64. The van der Waals surface area contributed by atoms with Crippen molar-refractivity contribution in [3.05, 3.63) is 53.8 Å². The Labute approximate surface area is 117 Å². The Kier molecular flexibility index (Phi) is 4.58. The van der Waals surface area contributed by atoms with Crippen LogP contribution in [-0.4, -0.2) is 11.7 Å². The van der Waals surface area contributed by atoms with Crippen molar-refractivity contribution in [3.8, 4) is 17.2 Å². The van der Waals surface area contributed by atoms with Gasteiger partial charge in [-0.3, -0.25) is 0 Å². The van der Waals surface area contributed by atoms with Crippen LogP contribution in [0.15, 0.2) is 42.5 Å². The maximum atomic E-state index is 13.7. The molecule has 20 heavy (non-hydrogen) atoms. The van der Waals surface area contributed by atoms with Crippen LogP contribution in [0.4, 0.5) is 4.39 Å². The van der Waals surface area contributed by atoms with E-state index < -0.39 is 11.9 Å². The van der Waals surface area contributed by atoms with E-state index >= 15 is 0 Å². The fourth-order valence-electron chi connectivity index (χ4n) is 1.91. The van der Waals surface area contributed by atoms with Gasteiger partial charge in [-0.1, -0.05) is 6.07 Å². The Bertz CT molecular complexity index is 564. The van der Waals surface area contributed by atoms with Crippen LogP contribution in [-0.2, 0) is 0 Å². The summed E-state index contributed by atoms with van der Waals surface area (Å²) in [4.78, 5) is 0. The van der Waals surface area contributed by atoms with Gasteiger partial charge in [0.15, 0.2) is 0 Å². The Morgan fingerprint density at radius 1 is 1.10 bits per heavy atom. The lowest BCUT2D eigenvalue weighted by molar-refractivity contribution is 0.190. The minimum atomic E-state index is -0.936. The van der Waals surface area contributed by atoms with Gasteiger partial charge in [-0.2, -0.15) is 0 Å². The molecule has 0 aliphatic carbocycles. The molecule has 0 aliphatic heterocycles. The third kappa shape index (κ3) is 3.27. The maximum absolute atomic E-state index is 13.7. The first-order chi connectivity index (χ1) is 9.61. The normalized spacial score (nSPS) is 12.0. The number of aliphatic hydroxyl groups is 1. The van der Waals surface area contributed by atoms with Crippen molar-refractivity contribution in [1.82, 2.24) is 0 Å². The summed E-state index contributed by atoms with van der Waals surface area (Å²) in [7, 11) is 0. The highest BCUT2D eigenvalue weighted by Gasteiger charge is 2.15. The highest BCUT2D eigenvalue weighted by molar-refractivity contribution is 5.41. The van der Waals surface area contributed by atoms with Crippen LogP contribution in [0.2, 0.25) is 0 Å². The first-order valence-electron chi connectivity index (χ1n) is 6.49. The van der Waals surface area contributed by atoms with E-state index in [2.05, 4.69) is 0 Å². The van der Waals surface area contributed by atoms with Gasteiger partial charge in [0.2, 0.25) is 0 Å². The zero-order chi connectivity index (χ0) is 14.5. The zero-order valence-electron chi connectivity index (χ0n) is 11.5. The van der Waals surface area contributed by atoms with Gasteiger partial charge in [0.1, 0.15) is 23.1 Å². The van der Waals surface area contributed by atoms with Crippen molar-refractivity contribution >= 4 is 0 Å². The van der Waals surface area contributed by atoms with Gasteiger partial charge in [0, 0.05) is 0 Å². The minimum absolute atomic E-state index is 0.154. The van der Waals surface area contributed by atoms with Crippen LogP contribution >= 0.6 is 0 Å². The average Bonchev–Trinajstić information content (AvgIpc) is 2.41. The van der Waals surface area contributed by atoms with Gasteiger partial charge in [0.25, 0.3) is 0 Å². The summed E-state index contributed by atoms with van der Waals surface area (Å²) < 4.78 is 24.7. The standard InChI is InChI=1S/C16H17FO3/c1-3-19-12-7-9-13(10-8-12)20-15-6-4-5-14(17)16(15)11(2)18/h4-11,18H,3H2,1-2H3. The van der Waals surface area contributed by atoms with Crippen LogP contribution in [0, 0.1) is 5.82 Å². The van der Waals surface area contributed by atoms with Crippen molar-refractivity contribution < 1.29 is 19.0 Å². The van der Waals surface area contributed by atoms with Gasteiger partial charge in [-0.05, 0) is 50.2 Å². The fourth-order valence-corrected chi connectivity index (χ4v) is 1.91. The lowest BCUT2D eigenvalue weighted by Gasteiger charge is -2.14. The van der Waals surface area contributed by atoms with E-state index in [1.165, 1.54) is 13.0 Å². The predicted octanol–water partition coefficient (Wildman–Crippen LogP) is 4.07. The summed E-state index contributed by atoms with van der Waals surface area (Å²) in [5.41, 5.74) is 0.154. The van der Waals surface area contributed by atoms with E-state index in [-0.39, 0.29) is 5.56 Å². The average molecular weight is 276 g/mol. The molecule has 0 aromatic heterocycles. The van der Waals surface area contributed by atoms with Crippen LogP contribution in [0.1, 0.15) is 25.5 Å². The van der Waals surface area contributed by atoms with Gasteiger partial charge >= 0.3 is 0 Å². The van der Waals surface area contributed by atoms with E-state index in [9.17, 15) is 9.50 Å². The van der Waals surface area contributed by atoms with Gasteiger partial charge in [-0.25, -0.2) is 4.39 Å². The fraction of sp³-hybridized carbons (Fsp3) is 0.250. The molecule has 106 valence electrons. The van der Waals surface area contributed by atoms with Crippen molar-refractivity contribution in [2.24, 2.45) is 0 Å². The summed E-state index contributed by atoms with van der Waals surface area (Å²) in [5.74, 6) is 1.13. The number of hydrogen-bond acceptors (Lipinski definition) is 3. The monoisotopic (exact) mass is 276 g/mol. The van der Waals surface area contributed by atoms with Crippen molar-refractivity contribution in [2.45, 2.75) is 20.0 Å². The molecule has 0 amide bonds. The second-order valence-corrected chi connectivity index (χ2v) is 4.33. The molecule has 0 heterocycles. The second-order valence-electron chi connectivity index (χ2n) is 4.33. The number of ether oxygens (including phenoxy) is 2. The second kappa shape index (κ2) is 6.39. The maximum Gasteiger partial charge on any atom is 0.136 e. The molecule has 3 nitrogen and oxygen atoms in total. The molecule has 0 saturated heterocycles. The summed E-state index contributed by atoms with van der Waals surface area (Å²) in [6.07, 6.45) is -0.936. The predicted molar refractivity (Wildman–Crippen MR) is 74.7 cm³/mol. The lowest BCUT2D eigenvalue weighted by atomic mass is 10.1. The minimum Gasteiger partial charge on any atom is -0.494 e. The van der Waals surface area contributed by atoms with E-state index in [1.54, 1.807) is 36.4 Å². The number of aliphatic hydroxyl groups excluding tert-OH is 1. The molecule has 4 heteroatoms. The molecule has 2 aromatic rings. The Balaban J connectivity index is 2.23. The molecule has 0 aliphatic rings. The summed E-state index contributed by atoms with van der Waals surface area (Å²) in [6.45, 7) is 4.01. The van der Waals surface area contributed by atoms with Crippen LogP contribution in [0.3, 0.4) is 0 Å². The van der Waals surface area contributed by atoms with Crippen LogP contribution in [0.5, 0.6) is 17.2 Å². The Morgan fingerprint density at radius 3 is 2.35 bits per heavy atom. The quantitative estimate of drug-likeness (QED) is 0.894. The van der Waals surface area contributed by atoms with E-state index in [0.29, 0.717) is 18.1 Å². The first kappa shape index (κ1) is 14.3. The Hall–Kier alpha value is -2.07. The SMILES string of the molecule is CCOc1ccc(Oc2cccc(F)c2C(C)O)cc1. The summed E-state index contributed by atoms with van der Waals surface area (Å²) >= 11 is 0. The molecule has 1 N–H and O–H groups in total. The van der Waals surface area contributed by atoms with Crippen molar-refractivity contribution in [1.29, 1.82) is 0 Å². The molecule has 1 unspecified atom stereocenters. The third-order valence-electron chi connectivity index (χ3n) is 2.79. The smallest absolute Gasteiger partial charge is 0.136 e. The highest BCUT2D eigenvalue weighted by Crippen LogP contribution is 2.32. The highest BCUT2D eigenvalue weighted by atomic mass is 19.1. The molecule has 2 aromatic carbocycles. The van der Waals surface area contributed by atoms with Gasteiger partial charge in [-0.15, -0.1) is 0 Å². The molecule has 2 rings (SSSR count). The van der Waals surface area contributed by atoms with Crippen LogP contribution in [0.25, 0.3) is 0 Å². The van der Waals surface area contributed by atoms with E-state index in [0.717, 1.165) is 5.75 Å². The van der Waals surface area contributed by atoms with Crippen LogP contribution < -0.4 is 9.47 Å². The first-order valence-corrected chi connectivity index (χ1v) is 6.49. The molecule has 0 spiro atoms. The lowest BCUT2D eigenvalue weighted by Crippen LogP contribution is -1.99. The van der Waals surface area contributed by atoms with Crippen molar-refractivity contribution in [2.75, 3.05) is 6.61 Å².